The van der Waals surface area contributed by atoms with Crippen molar-refractivity contribution in [2.24, 2.45) is 0 Å². The zero-order valence-corrected chi connectivity index (χ0v) is 20.1. The highest BCUT2D eigenvalue weighted by Gasteiger charge is 2.44. The predicted octanol–water partition coefficient (Wildman–Crippen LogP) is 2.79. The summed E-state index contributed by atoms with van der Waals surface area (Å²) in [5, 5.41) is 3.97. The van der Waals surface area contributed by atoms with Crippen molar-refractivity contribution >= 4 is 42.8 Å². The van der Waals surface area contributed by atoms with Gasteiger partial charge in [-0.15, -0.1) is 0 Å². The maximum absolute atomic E-state index is 12.2. The van der Waals surface area contributed by atoms with Crippen LogP contribution < -0.4 is 15.9 Å². The third kappa shape index (κ3) is 6.10. The van der Waals surface area contributed by atoms with Crippen molar-refractivity contribution < 1.29 is 14.3 Å². The van der Waals surface area contributed by atoms with Gasteiger partial charge >= 0.3 is 13.4 Å². The zero-order valence-electron chi connectivity index (χ0n) is 19.2. The Morgan fingerprint density at radius 3 is 1.70 bits per heavy atom. The molecule has 0 aromatic heterocycles. The van der Waals surface area contributed by atoms with Crippen molar-refractivity contribution in [2.75, 3.05) is 40.0 Å². The molecule has 0 unspecified atom stereocenters. The van der Waals surface area contributed by atoms with Gasteiger partial charge in [-0.25, -0.2) is 4.79 Å². The molecule has 3 aromatic rings. The van der Waals surface area contributed by atoms with Gasteiger partial charge < -0.3 is 19.2 Å². The summed E-state index contributed by atoms with van der Waals surface area (Å²) in [5.41, 5.74) is 0. The van der Waals surface area contributed by atoms with Crippen LogP contribution in [0.1, 0.15) is 0 Å². The molecule has 169 valence electrons. The summed E-state index contributed by atoms with van der Waals surface area (Å²) in [5.74, 6) is 0. The maximum Gasteiger partial charge on any atom is 0.332 e. The SMILES string of the molecule is CN([B]C=O)C(=O)N(C)CCOCC[P+](c1ccccc1)(c1ccccc1)c1ccccc1. The molecule has 2 amide bonds. The van der Waals surface area contributed by atoms with Crippen molar-refractivity contribution in [2.45, 2.75) is 0 Å². The third-order valence-electron chi connectivity index (χ3n) is 5.65. The van der Waals surface area contributed by atoms with E-state index in [0.29, 0.717) is 25.9 Å². The van der Waals surface area contributed by atoms with Crippen molar-refractivity contribution in [3.8, 4) is 0 Å². The molecule has 3 rings (SSSR count). The molecule has 0 aliphatic carbocycles. The number of nitrogens with zero attached hydrogens (tertiary/aromatic N) is 2. The third-order valence-corrected chi connectivity index (χ3v) is 10.0. The first-order valence-electron chi connectivity index (χ1n) is 11.0. The lowest BCUT2D eigenvalue weighted by Gasteiger charge is -2.28. The second-order valence-corrected chi connectivity index (χ2v) is 11.4. The minimum absolute atomic E-state index is 0.245. The summed E-state index contributed by atoms with van der Waals surface area (Å²) in [4.78, 5) is 25.6. The molecule has 5 nitrogen and oxygen atoms in total. The van der Waals surface area contributed by atoms with E-state index in [0.717, 1.165) is 6.16 Å². The van der Waals surface area contributed by atoms with Gasteiger partial charge in [-0.05, 0) is 43.4 Å². The summed E-state index contributed by atoms with van der Waals surface area (Å²) in [6, 6.07) is 31.9. The standard InChI is InChI=1S/C26H30BN2O3P/c1-28(26(31)29(2)27-22-30)18-19-32-20-21-33(23-12-6-3-7-13-23,24-14-8-4-9-15-24)25-16-10-5-11-17-25/h3-17,22H,18-21H2,1-2H3/q+1. The Morgan fingerprint density at radius 1 is 0.818 bits per heavy atom. The molecule has 0 atom stereocenters. The lowest BCUT2D eigenvalue weighted by atomic mass is 9.96. The van der Waals surface area contributed by atoms with Crippen molar-refractivity contribution in [1.29, 1.82) is 0 Å². The number of hydrogen-bond acceptors (Lipinski definition) is 3. The fourth-order valence-electron chi connectivity index (χ4n) is 3.91. The van der Waals surface area contributed by atoms with Crippen LogP contribution in [0.2, 0.25) is 0 Å². The number of urea groups is 1. The average Bonchev–Trinajstić information content (AvgIpc) is 2.87. The highest BCUT2D eigenvalue weighted by molar-refractivity contribution is 7.95. The minimum Gasteiger partial charge on any atom is -0.376 e. The zero-order chi connectivity index (χ0) is 23.5. The molecule has 7 heteroatoms. The number of benzene rings is 3. The molecule has 0 spiro atoms. The molecule has 33 heavy (non-hydrogen) atoms. The number of hydrogen-bond donors (Lipinski definition) is 0. The van der Waals surface area contributed by atoms with Crippen LogP contribution in [-0.2, 0) is 9.53 Å². The van der Waals surface area contributed by atoms with E-state index in [1.807, 2.05) is 0 Å². The minimum atomic E-state index is -1.92. The van der Waals surface area contributed by atoms with Crippen LogP contribution >= 0.6 is 7.26 Å². The number of likely N-dealkylation sites (N-methyl/N-ethyl adjacent to an activating group) is 1. The van der Waals surface area contributed by atoms with Crippen LogP contribution in [0.5, 0.6) is 0 Å². The Labute approximate surface area is 198 Å². The second kappa shape index (κ2) is 12.3. The van der Waals surface area contributed by atoms with Crippen molar-refractivity contribution in [3.63, 3.8) is 0 Å². The lowest BCUT2D eigenvalue weighted by molar-refractivity contribution is 0.124. The smallest absolute Gasteiger partial charge is 0.332 e. The molecule has 0 N–H and O–H groups in total. The van der Waals surface area contributed by atoms with E-state index in [9.17, 15) is 9.59 Å². The van der Waals surface area contributed by atoms with Crippen molar-refractivity contribution in [3.05, 3.63) is 91.0 Å². The summed E-state index contributed by atoms with van der Waals surface area (Å²) in [6.45, 7) is 1.45. The van der Waals surface area contributed by atoms with Gasteiger partial charge in [0.2, 0.25) is 0 Å². The Bertz CT molecular complexity index is 909. The Kier molecular flexibility index (Phi) is 9.23. The number of ether oxygens (including phenoxy) is 1. The summed E-state index contributed by atoms with van der Waals surface area (Å²) in [7, 11) is 2.55. The van der Waals surface area contributed by atoms with Gasteiger partial charge in [0.1, 0.15) is 29.4 Å². The number of amides is 2. The van der Waals surface area contributed by atoms with Crippen LogP contribution in [0.15, 0.2) is 91.0 Å². The van der Waals surface area contributed by atoms with E-state index in [-0.39, 0.29) is 6.03 Å². The fourth-order valence-corrected chi connectivity index (χ4v) is 8.02. The lowest BCUT2D eigenvalue weighted by Crippen LogP contribution is -2.42. The van der Waals surface area contributed by atoms with E-state index in [1.54, 1.807) is 19.0 Å². The first-order chi connectivity index (χ1) is 16.1. The fraction of sp³-hybridized carbons (Fsp3) is 0.231. The topological polar surface area (TPSA) is 49.9 Å². The number of rotatable bonds is 11. The molecule has 0 heterocycles. The van der Waals surface area contributed by atoms with E-state index in [4.69, 9.17) is 4.74 Å². The second-order valence-electron chi connectivity index (χ2n) is 7.75. The first kappa shape index (κ1) is 24.7. The van der Waals surface area contributed by atoms with Gasteiger partial charge in [-0.2, -0.15) is 0 Å². The Hall–Kier alpha value is -2.95. The summed E-state index contributed by atoms with van der Waals surface area (Å²) < 4.78 is 6.05. The molecular weight excluding hydrogens is 430 g/mol. The van der Waals surface area contributed by atoms with E-state index >= 15 is 0 Å². The molecule has 0 aliphatic heterocycles. The normalized spacial score (nSPS) is 11.0. The largest absolute Gasteiger partial charge is 0.376 e. The van der Waals surface area contributed by atoms with Crippen LogP contribution in [0, 0.1) is 0 Å². The van der Waals surface area contributed by atoms with Gasteiger partial charge in [0.25, 0.3) is 0 Å². The summed E-state index contributed by atoms with van der Waals surface area (Å²) >= 11 is 0. The van der Waals surface area contributed by atoms with Gasteiger partial charge in [0.15, 0.2) is 0 Å². The molecule has 0 bridgehead atoms. The molecule has 0 saturated heterocycles. The van der Waals surface area contributed by atoms with Gasteiger partial charge in [0.05, 0.1) is 19.4 Å². The average molecular weight is 460 g/mol. The van der Waals surface area contributed by atoms with Gasteiger partial charge in [0, 0.05) is 13.6 Å². The molecule has 0 saturated carbocycles. The Balaban J connectivity index is 1.78. The Morgan fingerprint density at radius 2 is 1.27 bits per heavy atom. The number of carbonyl (C=O) groups excluding carboxylic acids is 2. The monoisotopic (exact) mass is 460 g/mol. The molecular formula is C26H30BN2O3P+. The van der Waals surface area contributed by atoms with Crippen LogP contribution in [-0.4, -0.2) is 69.4 Å². The summed E-state index contributed by atoms with van der Waals surface area (Å²) in [6.07, 6.45) is 1.46. The molecule has 3 aromatic carbocycles. The first-order valence-corrected chi connectivity index (χ1v) is 13.0. The molecule has 0 fully saturated rings. The maximum atomic E-state index is 12.2. The van der Waals surface area contributed by atoms with E-state index < -0.39 is 7.26 Å². The van der Waals surface area contributed by atoms with E-state index in [1.165, 1.54) is 28.1 Å². The van der Waals surface area contributed by atoms with E-state index in [2.05, 4.69) is 91.0 Å². The molecule has 0 aliphatic rings. The van der Waals surface area contributed by atoms with Gasteiger partial charge in [-0.1, -0.05) is 54.6 Å². The van der Waals surface area contributed by atoms with Crippen LogP contribution in [0.3, 0.4) is 0 Å². The van der Waals surface area contributed by atoms with Gasteiger partial charge in [-0.3, -0.25) is 0 Å². The molecule has 1 radical (unpaired) electrons. The highest BCUT2D eigenvalue weighted by Crippen LogP contribution is 2.54. The highest BCUT2D eigenvalue weighted by atomic mass is 31.2. The number of carbonyl (C=O) groups is 2. The van der Waals surface area contributed by atoms with Crippen LogP contribution in [0.4, 0.5) is 4.79 Å². The van der Waals surface area contributed by atoms with Crippen LogP contribution in [0.25, 0.3) is 0 Å². The quantitative estimate of drug-likeness (QED) is 0.192. The predicted molar refractivity (Wildman–Crippen MR) is 139 cm³/mol. The van der Waals surface area contributed by atoms with Crippen molar-refractivity contribution in [1.82, 2.24) is 9.71 Å².